The Morgan fingerprint density at radius 3 is 2.96 bits per heavy atom. The number of rotatable bonds is 5. The summed E-state index contributed by atoms with van der Waals surface area (Å²) < 4.78 is 25.3. The molecule has 8 heteroatoms. The molecule has 0 unspecified atom stereocenters. The Morgan fingerprint density at radius 1 is 1.50 bits per heavy atom. The fraction of sp³-hybridized carbons (Fsp3) is 0.500. The molecule has 2 aromatic heterocycles. The molecule has 0 saturated carbocycles. The van der Waals surface area contributed by atoms with Gasteiger partial charge in [0.15, 0.2) is 15.0 Å². The smallest absolute Gasteiger partial charge is 0.236 e. The third kappa shape index (κ3) is 3.44. The van der Waals surface area contributed by atoms with Crippen LogP contribution in [0.4, 0.5) is 0 Å². The number of sulfone groups is 1. The van der Waals surface area contributed by atoms with E-state index in [4.69, 9.17) is 0 Å². The van der Waals surface area contributed by atoms with E-state index in [-0.39, 0.29) is 28.7 Å². The molecule has 0 N–H and O–H groups in total. The highest BCUT2D eigenvalue weighted by molar-refractivity contribution is 8.00. The first-order valence-electron chi connectivity index (χ1n) is 8.01. The maximum Gasteiger partial charge on any atom is 0.236 e. The van der Waals surface area contributed by atoms with Crippen molar-refractivity contribution in [2.24, 2.45) is 0 Å². The number of pyridine rings is 1. The molecule has 1 amide bonds. The van der Waals surface area contributed by atoms with E-state index in [1.165, 1.54) is 11.8 Å². The van der Waals surface area contributed by atoms with E-state index >= 15 is 0 Å². The Morgan fingerprint density at radius 2 is 2.29 bits per heavy atom. The van der Waals surface area contributed by atoms with Crippen LogP contribution in [-0.4, -0.2) is 58.0 Å². The monoisotopic (exact) mass is 367 g/mol. The average Bonchev–Trinajstić information content (AvgIpc) is 3.12. The van der Waals surface area contributed by atoms with E-state index in [2.05, 4.69) is 4.98 Å². The van der Waals surface area contributed by atoms with Crippen LogP contribution in [0.15, 0.2) is 35.7 Å². The van der Waals surface area contributed by atoms with Gasteiger partial charge in [-0.25, -0.2) is 13.4 Å². The molecule has 3 heterocycles. The predicted octanol–water partition coefficient (Wildman–Crippen LogP) is 1.85. The predicted molar refractivity (Wildman–Crippen MR) is 95.0 cm³/mol. The van der Waals surface area contributed by atoms with E-state index in [0.717, 1.165) is 10.7 Å². The summed E-state index contributed by atoms with van der Waals surface area (Å²) in [7, 11) is -3.01. The summed E-state index contributed by atoms with van der Waals surface area (Å²) in [5, 5.41) is 0.445. The molecule has 0 aliphatic carbocycles. The summed E-state index contributed by atoms with van der Waals surface area (Å²) in [5.74, 6) is 0.224. The zero-order valence-corrected chi connectivity index (χ0v) is 15.4. The number of aromatic nitrogens is 2. The van der Waals surface area contributed by atoms with Crippen molar-refractivity contribution in [2.75, 3.05) is 18.1 Å². The molecule has 1 aliphatic heterocycles. The topological polar surface area (TPSA) is 71.8 Å². The van der Waals surface area contributed by atoms with Crippen LogP contribution in [0, 0.1) is 0 Å². The van der Waals surface area contributed by atoms with Gasteiger partial charge < -0.3 is 4.90 Å². The first-order valence-corrected chi connectivity index (χ1v) is 10.7. The Bertz CT molecular complexity index is 847. The van der Waals surface area contributed by atoms with Gasteiger partial charge in [-0.3, -0.25) is 9.20 Å². The minimum Gasteiger partial charge on any atom is -0.338 e. The Kier molecular flexibility index (Phi) is 4.87. The molecular formula is C16H21N3O3S2. The second-order valence-electron chi connectivity index (χ2n) is 5.98. The van der Waals surface area contributed by atoms with Crippen molar-refractivity contribution in [1.29, 1.82) is 0 Å². The van der Waals surface area contributed by atoms with Gasteiger partial charge in [0.2, 0.25) is 5.91 Å². The van der Waals surface area contributed by atoms with Crippen molar-refractivity contribution in [2.45, 2.75) is 36.7 Å². The lowest BCUT2D eigenvalue weighted by molar-refractivity contribution is -0.131. The lowest BCUT2D eigenvalue weighted by atomic mass is 10.2. The average molecular weight is 367 g/mol. The van der Waals surface area contributed by atoms with Gasteiger partial charge in [0.25, 0.3) is 0 Å². The quantitative estimate of drug-likeness (QED) is 0.754. The molecule has 1 saturated heterocycles. The van der Waals surface area contributed by atoms with Gasteiger partial charge in [-0.05, 0) is 32.4 Å². The summed E-state index contributed by atoms with van der Waals surface area (Å²) in [6, 6.07) is 5.63. The zero-order chi connectivity index (χ0) is 17.3. The van der Waals surface area contributed by atoms with Crippen molar-refractivity contribution in [3.63, 3.8) is 0 Å². The maximum absolute atomic E-state index is 12.8. The summed E-state index contributed by atoms with van der Waals surface area (Å²) >= 11 is 1.40. The second kappa shape index (κ2) is 6.76. The van der Waals surface area contributed by atoms with Crippen LogP contribution < -0.4 is 0 Å². The van der Waals surface area contributed by atoms with Crippen LogP contribution >= 0.6 is 11.8 Å². The largest absolute Gasteiger partial charge is 0.338 e. The van der Waals surface area contributed by atoms with Gasteiger partial charge in [0, 0.05) is 18.8 Å². The summed E-state index contributed by atoms with van der Waals surface area (Å²) in [6.45, 7) is 4.26. The number of amides is 1. The molecule has 24 heavy (non-hydrogen) atoms. The molecule has 0 bridgehead atoms. The molecule has 0 spiro atoms. The number of nitrogens with zero attached hydrogens (tertiary/aromatic N) is 3. The number of hydrogen-bond acceptors (Lipinski definition) is 5. The van der Waals surface area contributed by atoms with Gasteiger partial charge in [-0.15, -0.1) is 0 Å². The van der Waals surface area contributed by atoms with Gasteiger partial charge >= 0.3 is 0 Å². The fourth-order valence-electron chi connectivity index (χ4n) is 3.06. The van der Waals surface area contributed by atoms with E-state index in [1.807, 2.05) is 42.6 Å². The lowest BCUT2D eigenvalue weighted by Gasteiger charge is -2.29. The van der Waals surface area contributed by atoms with E-state index in [0.29, 0.717) is 13.0 Å². The molecule has 0 aromatic carbocycles. The Labute approximate surface area is 146 Å². The van der Waals surface area contributed by atoms with Crippen LogP contribution in [0.5, 0.6) is 0 Å². The minimum atomic E-state index is -3.01. The normalized spacial score (nSPS) is 21.0. The Hall–Kier alpha value is -1.54. The molecule has 1 fully saturated rings. The first-order chi connectivity index (χ1) is 11.4. The summed E-state index contributed by atoms with van der Waals surface area (Å²) in [6.07, 6.45) is 4.23. The fourth-order valence-corrected chi connectivity index (χ4v) is 5.74. The molecule has 2 atom stereocenters. The van der Waals surface area contributed by atoms with Gasteiger partial charge in [-0.1, -0.05) is 17.8 Å². The number of fused-ring (bicyclic) bond motifs is 1. The molecule has 1 aliphatic rings. The third-order valence-electron chi connectivity index (χ3n) is 4.31. The minimum absolute atomic E-state index is 0.0303. The van der Waals surface area contributed by atoms with Gasteiger partial charge in [0.05, 0.1) is 28.5 Å². The second-order valence-corrected chi connectivity index (χ2v) is 9.51. The van der Waals surface area contributed by atoms with Crippen LogP contribution in [0.1, 0.15) is 20.3 Å². The number of carbonyl (C=O) groups excluding carboxylic acids is 1. The molecule has 2 aromatic rings. The van der Waals surface area contributed by atoms with Crippen molar-refractivity contribution in [1.82, 2.24) is 14.3 Å². The molecular weight excluding hydrogens is 346 g/mol. The summed E-state index contributed by atoms with van der Waals surface area (Å²) in [5.41, 5.74) is 0.980. The van der Waals surface area contributed by atoms with Crippen LogP contribution in [-0.2, 0) is 14.6 Å². The highest BCUT2D eigenvalue weighted by atomic mass is 32.2. The van der Waals surface area contributed by atoms with Crippen molar-refractivity contribution in [3.8, 4) is 0 Å². The Balaban J connectivity index is 1.73. The molecule has 130 valence electrons. The number of thioether (sulfide) groups is 1. The molecule has 6 nitrogen and oxygen atoms in total. The van der Waals surface area contributed by atoms with Gasteiger partial charge in [0.1, 0.15) is 0 Å². The number of carbonyl (C=O) groups is 1. The van der Waals surface area contributed by atoms with Crippen molar-refractivity contribution >= 4 is 33.0 Å². The standard InChI is InChI=1S/C16H21N3O3S2/c1-3-18(14-7-9-24(21,22)11-14)15(20)12(2)23-16-17-10-13-6-4-5-8-19(13)16/h4-6,8,10,12,14H,3,7,9,11H2,1-2H3/t12-,14-/m0/s1. The van der Waals surface area contributed by atoms with Crippen LogP contribution in [0.25, 0.3) is 5.52 Å². The van der Waals surface area contributed by atoms with Crippen molar-refractivity contribution in [3.05, 3.63) is 30.6 Å². The first kappa shape index (κ1) is 17.3. The van der Waals surface area contributed by atoms with Crippen LogP contribution in [0.3, 0.4) is 0 Å². The number of hydrogen-bond donors (Lipinski definition) is 0. The molecule has 0 radical (unpaired) electrons. The highest BCUT2D eigenvalue weighted by Gasteiger charge is 2.35. The van der Waals surface area contributed by atoms with E-state index in [1.54, 1.807) is 11.1 Å². The zero-order valence-electron chi connectivity index (χ0n) is 13.8. The highest BCUT2D eigenvalue weighted by Crippen LogP contribution is 2.26. The third-order valence-corrected chi connectivity index (χ3v) is 7.13. The number of imidazole rings is 1. The van der Waals surface area contributed by atoms with E-state index < -0.39 is 9.84 Å². The van der Waals surface area contributed by atoms with Gasteiger partial charge in [-0.2, -0.15) is 0 Å². The molecule has 3 rings (SSSR count). The maximum atomic E-state index is 12.8. The SMILES string of the molecule is CCN(C(=O)[C@H](C)Sc1ncc2ccccn12)[C@H]1CCS(=O)(=O)C1. The van der Waals surface area contributed by atoms with Crippen molar-refractivity contribution < 1.29 is 13.2 Å². The summed E-state index contributed by atoms with van der Waals surface area (Å²) in [4.78, 5) is 18.9. The lowest BCUT2D eigenvalue weighted by Crippen LogP contribution is -2.44. The van der Waals surface area contributed by atoms with Crippen LogP contribution in [0.2, 0.25) is 0 Å². The van der Waals surface area contributed by atoms with E-state index in [9.17, 15) is 13.2 Å².